The Morgan fingerprint density at radius 2 is 2.60 bits per heavy atom. The van der Waals surface area contributed by atoms with Gasteiger partial charge in [-0.1, -0.05) is 12.8 Å². The topological polar surface area (TPSA) is 68.0 Å². The average Bonchev–Trinajstić information content (AvgIpc) is 2.60. The maximum Gasteiger partial charge on any atom is 0.227 e. The van der Waals surface area contributed by atoms with Gasteiger partial charge in [0.1, 0.15) is 0 Å². The van der Waals surface area contributed by atoms with Crippen molar-refractivity contribution in [3.05, 3.63) is 11.1 Å². The molecule has 1 rings (SSSR count). The van der Waals surface area contributed by atoms with Crippen molar-refractivity contribution >= 4 is 22.4 Å². The molecule has 0 saturated heterocycles. The summed E-state index contributed by atoms with van der Waals surface area (Å²) in [6.07, 6.45) is 6.18. The number of carbonyl (C=O) groups excluding carboxylic acids is 1. The van der Waals surface area contributed by atoms with Crippen LogP contribution in [0.1, 0.15) is 19.0 Å². The average molecular weight is 223 g/mol. The van der Waals surface area contributed by atoms with E-state index in [9.17, 15) is 4.79 Å². The van der Waals surface area contributed by atoms with Crippen molar-refractivity contribution in [1.82, 2.24) is 10.3 Å². The van der Waals surface area contributed by atoms with Crippen LogP contribution in [0.2, 0.25) is 0 Å². The summed E-state index contributed by atoms with van der Waals surface area (Å²) in [5.74, 6) is 2.38. The Labute approximate surface area is 92.9 Å². The number of nitrogens with zero attached hydrogens (tertiary/aromatic N) is 1. The zero-order valence-electron chi connectivity index (χ0n) is 8.49. The van der Waals surface area contributed by atoms with E-state index in [0.717, 1.165) is 6.42 Å². The first-order chi connectivity index (χ1) is 7.15. The molecular weight excluding hydrogens is 210 g/mol. The van der Waals surface area contributed by atoms with E-state index in [4.69, 9.17) is 12.2 Å². The molecular formula is C10H13N3OS. The maximum atomic E-state index is 11.5. The molecule has 3 N–H and O–H groups in total. The first kappa shape index (κ1) is 11.5. The minimum absolute atomic E-state index is 0.120. The molecule has 1 aromatic rings. The number of hydrogen-bond acceptors (Lipinski definition) is 4. The fourth-order valence-electron chi connectivity index (χ4n) is 1.08. The third-order valence-corrected chi connectivity index (χ3v) is 2.58. The normalized spacial score (nSPS) is 11.7. The number of hydrogen-bond donors (Lipinski definition) is 2. The second-order valence-corrected chi connectivity index (χ2v) is 3.94. The van der Waals surface area contributed by atoms with E-state index in [-0.39, 0.29) is 18.4 Å². The summed E-state index contributed by atoms with van der Waals surface area (Å²) >= 11 is 1.32. The number of nitrogens with one attached hydrogen (secondary N) is 1. The maximum absolute atomic E-state index is 11.5. The molecule has 0 aliphatic carbocycles. The van der Waals surface area contributed by atoms with Gasteiger partial charge in [0.2, 0.25) is 5.91 Å². The molecule has 0 aliphatic heterocycles. The Kier molecular flexibility index (Phi) is 4.13. The summed E-state index contributed by atoms with van der Waals surface area (Å²) in [5.41, 5.74) is 6.13. The van der Waals surface area contributed by atoms with Gasteiger partial charge in [-0.05, 0) is 6.42 Å². The second kappa shape index (κ2) is 5.37. The Morgan fingerprint density at radius 3 is 3.07 bits per heavy atom. The van der Waals surface area contributed by atoms with Crippen molar-refractivity contribution in [2.75, 3.05) is 5.73 Å². The predicted molar refractivity (Wildman–Crippen MR) is 61.3 cm³/mol. The Bertz CT molecular complexity index is 380. The molecule has 1 unspecified atom stereocenters. The van der Waals surface area contributed by atoms with Gasteiger partial charge in [-0.25, -0.2) is 4.98 Å². The van der Waals surface area contributed by atoms with E-state index in [1.165, 1.54) is 11.3 Å². The van der Waals surface area contributed by atoms with Gasteiger partial charge in [0.05, 0.1) is 18.2 Å². The lowest BCUT2D eigenvalue weighted by Gasteiger charge is -2.09. The molecule has 0 saturated carbocycles. The first-order valence-corrected chi connectivity index (χ1v) is 5.49. The van der Waals surface area contributed by atoms with Gasteiger partial charge < -0.3 is 11.1 Å². The van der Waals surface area contributed by atoms with Crippen LogP contribution in [0.15, 0.2) is 5.38 Å². The molecule has 0 bridgehead atoms. The van der Waals surface area contributed by atoms with Crippen LogP contribution < -0.4 is 11.1 Å². The minimum atomic E-state index is -0.200. The minimum Gasteiger partial charge on any atom is -0.375 e. The van der Waals surface area contributed by atoms with Crippen molar-refractivity contribution in [3.8, 4) is 12.3 Å². The zero-order valence-corrected chi connectivity index (χ0v) is 9.30. The van der Waals surface area contributed by atoms with Crippen molar-refractivity contribution in [1.29, 1.82) is 0 Å². The Balaban J connectivity index is 2.46. The fourth-order valence-corrected chi connectivity index (χ4v) is 1.64. The summed E-state index contributed by atoms with van der Waals surface area (Å²) in [5, 5.41) is 4.97. The standard InChI is InChI=1S/C10H13N3OS/c1-3-7(4-2)12-9(14)5-8-6-15-10(11)13-8/h1,6-7H,4-5H2,2H3,(H2,11,13)(H,12,14). The van der Waals surface area contributed by atoms with Crippen molar-refractivity contribution in [3.63, 3.8) is 0 Å². The van der Waals surface area contributed by atoms with Crippen LogP contribution in [0, 0.1) is 12.3 Å². The van der Waals surface area contributed by atoms with Gasteiger partial charge in [0, 0.05) is 5.38 Å². The monoisotopic (exact) mass is 223 g/mol. The van der Waals surface area contributed by atoms with Gasteiger partial charge in [-0.15, -0.1) is 17.8 Å². The van der Waals surface area contributed by atoms with Crippen LogP contribution in [0.5, 0.6) is 0 Å². The lowest BCUT2D eigenvalue weighted by atomic mass is 10.2. The molecule has 0 aliphatic rings. The van der Waals surface area contributed by atoms with E-state index < -0.39 is 0 Å². The quantitative estimate of drug-likeness (QED) is 0.742. The number of terminal acetylenes is 1. The Hall–Kier alpha value is -1.54. The van der Waals surface area contributed by atoms with Crippen LogP contribution in [0.25, 0.3) is 0 Å². The lowest BCUT2D eigenvalue weighted by molar-refractivity contribution is -0.120. The van der Waals surface area contributed by atoms with Crippen LogP contribution in [0.4, 0.5) is 5.13 Å². The molecule has 15 heavy (non-hydrogen) atoms. The van der Waals surface area contributed by atoms with Crippen molar-refractivity contribution in [2.24, 2.45) is 0 Å². The van der Waals surface area contributed by atoms with E-state index in [1.807, 2.05) is 6.92 Å². The summed E-state index contributed by atoms with van der Waals surface area (Å²) < 4.78 is 0. The zero-order chi connectivity index (χ0) is 11.3. The molecule has 0 spiro atoms. The largest absolute Gasteiger partial charge is 0.375 e. The predicted octanol–water partition coefficient (Wildman–Crippen LogP) is 0.796. The number of anilines is 1. The molecule has 1 aromatic heterocycles. The van der Waals surface area contributed by atoms with Crippen molar-refractivity contribution < 1.29 is 4.79 Å². The number of rotatable bonds is 4. The van der Waals surface area contributed by atoms with Crippen LogP contribution in [-0.4, -0.2) is 16.9 Å². The van der Waals surface area contributed by atoms with E-state index in [1.54, 1.807) is 5.38 Å². The molecule has 5 heteroatoms. The highest BCUT2D eigenvalue weighted by Gasteiger charge is 2.09. The van der Waals surface area contributed by atoms with E-state index in [0.29, 0.717) is 10.8 Å². The summed E-state index contributed by atoms with van der Waals surface area (Å²) in [6, 6.07) is -0.200. The van der Waals surface area contributed by atoms with E-state index >= 15 is 0 Å². The summed E-state index contributed by atoms with van der Waals surface area (Å²) in [4.78, 5) is 15.5. The van der Waals surface area contributed by atoms with Gasteiger partial charge >= 0.3 is 0 Å². The summed E-state index contributed by atoms with van der Waals surface area (Å²) in [6.45, 7) is 1.92. The third-order valence-electron chi connectivity index (χ3n) is 1.86. The molecule has 80 valence electrons. The highest BCUT2D eigenvalue weighted by molar-refractivity contribution is 7.13. The fraction of sp³-hybridized carbons (Fsp3) is 0.400. The first-order valence-electron chi connectivity index (χ1n) is 4.61. The molecule has 4 nitrogen and oxygen atoms in total. The molecule has 0 aromatic carbocycles. The lowest BCUT2D eigenvalue weighted by Crippen LogP contribution is -2.34. The molecule has 0 radical (unpaired) electrons. The third kappa shape index (κ3) is 3.60. The van der Waals surface area contributed by atoms with Crippen molar-refractivity contribution in [2.45, 2.75) is 25.8 Å². The van der Waals surface area contributed by atoms with Crippen LogP contribution in [0.3, 0.4) is 0 Å². The molecule has 1 heterocycles. The number of nitrogen functional groups attached to an aromatic ring is 1. The molecule has 1 amide bonds. The smallest absolute Gasteiger partial charge is 0.227 e. The highest BCUT2D eigenvalue weighted by Crippen LogP contribution is 2.11. The summed E-state index contributed by atoms with van der Waals surface area (Å²) in [7, 11) is 0. The van der Waals surface area contributed by atoms with Crippen LogP contribution >= 0.6 is 11.3 Å². The number of amides is 1. The number of aromatic nitrogens is 1. The number of thiazole rings is 1. The molecule has 0 fully saturated rings. The molecule has 1 atom stereocenters. The second-order valence-electron chi connectivity index (χ2n) is 3.05. The SMILES string of the molecule is C#CC(CC)NC(=O)Cc1csc(N)n1. The van der Waals surface area contributed by atoms with Gasteiger partial charge in [0.15, 0.2) is 5.13 Å². The number of nitrogens with two attached hydrogens (primary N) is 1. The Morgan fingerprint density at radius 1 is 1.87 bits per heavy atom. The highest BCUT2D eigenvalue weighted by atomic mass is 32.1. The van der Waals surface area contributed by atoms with Gasteiger partial charge in [-0.2, -0.15) is 0 Å². The van der Waals surface area contributed by atoms with E-state index in [2.05, 4.69) is 16.2 Å². The van der Waals surface area contributed by atoms with Crippen LogP contribution in [-0.2, 0) is 11.2 Å². The van der Waals surface area contributed by atoms with Gasteiger partial charge in [0.25, 0.3) is 0 Å². The van der Waals surface area contributed by atoms with Gasteiger partial charge in [-0.3, -0.25) is 4.79 Å². The number of carbonyl (C=O) groups is 1.